The van der Waals surface area contributed by atoms with Crippen molar-refractivity contribution in [2.24, 2.45) is 5.73 Å². The maximum Gasteiger partial charge on any atom is 0.0949 e. The predicted molar refractivity (Wildman–Crippen MR) is 79.0 cm³/mol. The summed E-state index contributed by atoms with van der Waals surface area (Å²) in [5.74, 6) is 0. The first kappa shape index (κ1) is 13.8. The minimum atomic E-state index is 0.182. The molecule has 0 amide bonds. The second-order valence-electron chi connectivity index (χ2n) is 5.23. The summed E-state index contributed by atoms with van der Waals surface area (Å²) >= 11 is 0. The fourth-order valence-electron chi connectivity index (χ4n) is 2.23. The first-order chi connectivity index (χ1) is 9.24. The summed E-state index contributed by atoms with van der Waals surface area (Å²) in [4.78, 5) is 4.38. The van der Waals surface area contributed by atoms with Crippen molar-refractivity contribution in [1.29, 1.82) is 0 Å². The Morgan fingerprint density at radius 2 is 2.00 bits per heavy atom. The lowest BCUT2D eigenvalue weighted by molar-refractivity contribution is 0.608. The topological polar surface area (TPSA) is 43.8 Å². The highest BCUT2D eigenvalue weighted by Crippen LogP contribution is 2.06. The van der Waals surface area contributed by atoms with E-state index in [0.717, 1.165) is 25.1 Å². The van der Waals surface area contributed by atoms with Gasteiger partial charge >= 0.3 is 0 Å². The van der Waals surface area contributed by atoms with Crippen molar-refractivity contribution < 1.29 is 0 Å². The molecule has 0 aliphatic heterocycles. The molecule has 102 valence electrons. The van der Waals surface area contributed by atoms with E-state index in [1.165, 1.54) is 18.4 Å². The Bertz CT molecular complexity index is 474. The minimum Gasteiger partial charge on any atom is -0.337 e. The molecule has 0 spiro atoms. The Labute approximate surface area is 115 Å². The van der Waals surface area contributed by atoms with Crippen LogP contribution in [0.4, 0.5) is 0 Å². The Morgan fingerprint density at radius 3 is 2.74 bits per heavy atom. The van der Waals surface area contributed by atoms with Crippen LogP contribution in [0.5, 0.6) is 0 Å². The van der Waals surface area contributed by atoms with Crippen molar-refractivity contribution in [2.45, 2.75) is 45.2 Å². The summed E-state index contributed by atoms with van der Waals surface area (Å²) < 4.78 is 2.17. The molecule has 2 aromatic rings. The van der Waals surface area contributed by atoms with E-state index in [4.69, 9.17) is 5.73 Å². The molecule has 0 aliphatic rings. The summed E-state index contributed by atoms with van der Waals surface area (Å²) in [6, 6.07) is 10.8. The summed E-state index contributed by atoms with van der Waals surface area (Å²) in [6.07, 6.45) is 8.44. The van der Waals surface area contributed by atoms with Gasteiger partial charge in [-0.2, -0.15) is 0 Å². The van der Waals surface area contributed by atoms with Gasteiger partial charge in [0.05, 0.1) is 12.0 Å². The highest BCUT2D eigenvalue weighted by molar-refractivity contribution is 5.14. The third kappa shape index (κ3) is 4.87. The van der Waals surface area contributed by atoms with Crippen LogP contribution in [0.25, 0.3) is 0 Å². The molecule has 2 rings (SSSR count). The van der Waals surface area contributed by atoms with E-state index in [0.29, 0.717) is 0 Å². The van der Waals surface area contributed by atoms with Gasteiger partial charge in [0, 0.05) is 25.2 Å². The van der Waals surface area contributed by atoms with Crippen LogP contribution >= 0.6 is 0 Å². The molecule has 0 radical (unpaired) electrons. The quantitative estimate of drug-likeness (QED) is 0.775. The van der Waals surface area contributed by atoms with Gasteiger partial charge < -0.3 is 10.3 Å². The van der Waals surface area contributed by atoms with E-state index in [1.54, 1.807) is 0 Å². The molecule has 1 aromatic heterocycles. The molecule has 0 aliphatic carbocycles. The third-order valence-corrected chi connectivity index (χ3v) is 3.19. The van der Waals surface area contributed by atoms with Crippen molar-refractivity contribution in [2.75, 3.05) is 0 Å². The lowest BCUT2D eigenvalue weighted by Crippen LogP contribution is -2.17. The molecule has 1 unspecified atom stereocenters. The highest BCUT2D eigenvalue weighted by Gasteiger charge is 2.01. The fraction of sp³-hybridized carbons (Fsp3) is 0.438. The molecule has 0 saturated heterocycles. The van der Waals surface area contributed by atoms with Crippen LogP contribution in [-0.4, -0.2) is 15.6 Å². The van der Waals surface area contributed by atoms with E-state index < -0.39 is 0 Å². The number of nitrogens with zero attached hydrogens (tertiary/aromatic N) is 2. The smallest absolute Gasteiger partial charge is 0.0949 e. The van der Waals surface area contributed by atoms with Crippen molar-refractivity contribution >= 4 is 0 Å². The maximum atomic E-state index is 5.77. The van der Waals surface area contributed by atoms with Crippen molar-refractivity contribution in [3.05, 3.63) is 54.1 Å². The van der Waals surface area contributed by atoms with Crippen LogP contribution < -0.4 is 5.73 Å². The number of imidazole rings is 1. The number of hydrogen-bond donors (Lipinski definition) is 1. The van der Waals surface area contributed by atoms with E-state index in [-0.39, 0.29) is 6.04 Å². The van der Waals surface area contributed by atoms with Crippen molar-refractivity contribution in [3.8, 4) is 0 Å². The number of benzene rings is 1. The van der Waals surface area contributed by atoms with E-state index >= 15 is 0 Å². The second-order valence-corrected chi connectivity index (χ2v) is 5.23. The van der Waals surface area contributed by atoms with Crippen LogP contribution in [-0.2, 0) is 19.4 Å². The lowest BCUT2D eigenvalue weighted by atomic mass is 10.1. The van der Waals surface area contributed by atoms with E-state index in [2.05, 4.69) is 46.1 Å². The summed E-state index contributed by atoms with van der Waals surface area (Å²) in [6.45, 7) is 3.05. The molecule has 0 fully saturated rings. The number of unbranched alkanes of at least 4 members (excludes halogenated alkanes) is 1. The average Bonchev–Trinajstić information content (AvgIpc) is 2.83. The Morgan fingerprint density at radius 1 is 1.21 bits per heavy atom. The number of nitrogens with two attached hydrogens (primary N) is 1. The molecule has 0 saturated carbocycles. The first-order valence-electron chi connectivity index (χ1n) is 7.04. The van der Waals surface area contributed by atoms with Gasteiger partial charge in [0.15, 0.2) is 0 Å². The molecule has 19 heavy (non-hydrogen) atoms. The van der Waals surface area contributed by atoms with E-state index in [9.17, 15) is 0 Å². The van der Waals surface area contributed by atoms with E-state index in [1.807, 2.05) is 13.3 Å². The predicted octanol–water partition coefficient (Wildman–Crippen LogP) is 2.80. The molecular weight excluding hydrogens is 234 g/mol. The SMILES string of the molecule is CC(N)Cc1cn(CCCCc2ccccc2)cn1. The van der Waals surface area contributed by atoms with Crippen LogP contribution in [0.1, 0.15) is 31.0 Å². The van der Waals surface area contributed by atoms with Crippen LogP contribution in [0, 0.1) is 0 Å². The molecular formula is C16H23N3. The van der Waals surface area contributed by atoms with Gasteiger partial charge in [-0.15, -0.1) is 0 Å². The number of aromatic nitrogens is 2. The number of aryl methyl sites for hydroxylation is 2. The van der Waals surface area contributed by atoms with Crippen LogP contribution in [0.15, 0.2) is 42.9 Å². The summed E-state index contributed by atoms with van der Waals surface area (Å²) in [5.41, 5.74) is 8.29. The number of hydrogen-bond acceptors (Lipinski definition) is 2. The normalized spacial score (nSPS) is 12.5. The zero-order valence-electron chi connectivity index (χ0n) is 11.6. The van der Waals surface area contributed by atoms with Gasteiger partial charge in [0.25, 0.3) is 0 Å². The Kier molecular flexibility index (Phi) is 5.16. The van der Waals surface area contributed by atoms with Crippen molar-refractivity contribution in [3.63, 3.8) is 0 Å². The van der Waals surface area contributed by atoms with Gasteiger partial charge in [-0.1, -0.05) is 30.3 Å². The third-order valence-electron chi connectivity index (χ3n) is 3.19. The zero-order chi connectivity index (χ0) is 13.5. The largest absolute Gasteiger partial charge is 0.337 e. The maximum absolute atomic E-state index is 5.77. The van der Waals surface area contributed by atoms with Gasteiger partial charge in [-0.3, -0.25) is 0 Å². The molecule has 0 bridgehead atoms. The van der Waals surface area contributed by atoms with Gasteiger partial charge in [-0.25, -0.2) is 4.98 Å². The first-order valence-corrected chi connectivity index (χ1v) is 7.04. The second kappa shape index (κ2) is 7.10. The molecule has 1 atom stereocenters. The average molecular weight is 257 g/mol. The molecule has 1 heterocycles. The standard InChI is InChI=1S/C16H23N3/c1-14(17)11-16-12-19(13-18-16)10-6-5-9-15-7-3-2-4-8-15/h2-4,7-8,12-14H,5-6,9-11,17H2,1H3. The lowest BCUT2D eigenvalue weighted by Gasteiger charge is -2.03. The Balaban J connectivity index is 1.69. The van der Waals surface area contributed by atoms with Gasteiger partial charge in [-0.05, 0) is 31.7 Å². The molecule has 3 heteroatoms. The van der Waals surface area contributed by atoms with Gasteiger partial charge in [0.2, 0.25) is 0 Å². The molecule has 1 aromatic carbocycles. The number of rotatable bonds is 7. The van der Waals surface area contributed by atoms with Gasteiger partial charge in [0.1, 0.15) is 0 Å². The highest BCUT2D eigenvalue weighted by atomic mass is 15.0. The molecule has 3 nitrogen and oxygen atoms in total. The molecule has 2 N–H and O–H groups in total. The summed E-state index contributed by atoms with van der Waals surface area (Å²) in [7, 11) is 0. The zero-order valence-corrected chi connectivity index (χ0v) is 11.6. The van der Waals surface area contributed by atoms with Crippen molar-refractivity contribution in [1.82, 2.24) is 9.55 Å². The Hall–Kier alpha value is -1.61. The minimum absolute atomic E-state index is 0.182. The summed E-state index contributed by atoms with van der Waals surface area (Å²) in [5, 5.41) is 0. The fourth-order valence-corrected chi connectivity index (χ4v) is 2.23. The van der Waals surface area contributed by atoms with Crippen LogP contribution in [0.3, 0.4) is 0 Å². The van der Waals surface area contributed by atoms with Crippen LogP contribution in [0.2, 0.25) is 0 Å². The monoisotopic (exact) mass is 257 g/mol.